The number of phenols is 1. The molecule has 0 aliphatic carbocycles. The zero-order valence-corrected chi connectivity index (χ0v) is 12.4. The third-order valence-corrected chi connectivity index (χ3v) is 4.26. The number of nitrogen functional groups attached to an aromatic ring is 1. The molecular weight excluding hydrogens is 296 g/mol. The molecule has 1 aromatic heterocycles. The van der Waals surface area contributed by atoms with Crippen molar-refractivity contribution in [2.75, 3.05) is 11.1 Å². The minimum atomic E-state index is -0.175. The van der Waals surface area contributed by atoms with E-state index in [0.29, 0.717) is 16.3 Å². The molecule has 3 aromatic rings. The van der Waals surface area contributed by atoms with E-state index in [4.69, 9.17) is 5.73 Å². The molecule has 4 N–H and O–H groups in total. The molecule has 0 atom stereocenters. The van der Waals surface area contributed by atoms with Gasteiger partial charge in [0.05, 0.1) is 4.88 Å². The van der Waals surface area contributed by atoms with E-state index in [1.54, 1.807) is 18.2 Å². The predicted molar refractivity (Wildman–Crippen MR) is 90.2 cm³/mol. The van der Waals surface area contributed by atoms with Crippen molar-refractivity contribution < 1.29 is 9.90 Å². The molecule has 0 bridgehead atoms. The van der Waals surface area contributed by atoms with E-state index in [-0.39, 0.29) is 11.7 Å². The highest BCUT2D eigenvalue weighted by Crippen LogP contribution is 2.29. The topological polar surface area (TPSA) is 75.4 Å². The van der Waals surface area contributed by atoms with Crippen LogP contribution in [0.4, 0.5) is 11.4 Å². The monoisotopic (exact) mass is 310 g/mol. The van der Waals surface area contributed by atoms with E-state index in [9.17, 15) is 9.90 Å². The van der Waals surface area contributed by atoms with Crippen molar-refractivity contribution in [1.82, 2.24) is 0 Å². The lowest BCUT2D eigenvalue weighted by atomic mass is 10.2. The molecule has 0 aliphatic heterocycles. The van der Waals surface area contributed by atoms with Gasteiger partial charge in [-0.05, 0) is 54.1 Å². The molecule has 0 radical (unpaired) electrons. The summed E-state index contributed by atoms with van der Waals surface area (Å²) in [4.78, 5) is 13.8. The lowest BCUT2D eigenvalue weighted by molar-refractivity contribution is 0.103. The Morgan fingerprint density at radius 2 is 1.82 bits per heavy atom. The zero-order chi connectivity index (χ0) is 15.5. The number of nitrogens with two attached hydrogens (primary N) is 1. The van der Waals surface area contributed by atoms with Gasteiger partial charge in [-0.1, -0.05) is 12.1 Å². The molecule has 4 nitrogen and oxygen atoms in total. The number of anilines is 2. The van der Waals surface area contributed by atoms with Crippen molar-refractivity contribution in [1.29, 1.82) is 0 Å². The Hall–Kier alpha value is -2.79. The van der Waals surface area contributed by atoms with Crippen LogP contribution in [-0.2, 0) is 0 Å². The minimum Gasteiger partial charge on any atom is -0.508 e. The molecule has 0 spiro atoms. The number of carbonyl (C=O) groups is 1. The maximum absolute atomic E-state index is 12.2. The SMILES string of the molecule is Nc1cccc(-c2ccc(C(=O)Nc3ccc(O)cc3)s2)c1. The van der Waals surface area contributed by atoms with Gasteiger partial charge in [0, 0.05) is 16.3 Å². The fraction of sp³-hybridized carbons (Fsp3) is 0. The Bertz CT molecular complexity index is 810. The molecule has 3 rings (SSSR count). The summed E-state index contributed by atoms with van der Waals surface area (Å²) in [5.41, 5.74) is 8.11. The average Bonchev–Trinajstić information content (AvgIpc) is 3.00. The number of nitrogens with one attached hydrogen (secondary N) is 1. The molecule has 5 heteroatoms. The number of rotatable bonds is 3. The van der Waals surface area contributed by atoms with Gasteiger partial charge >= 0.3 is 0 Å². The van der Waals surface area contributed by atoms with Crippen molar-refractivity contribution in [3.05, 3.63) is 65.5 Å². The van der Waals surface area contributed by atoms with Crippen molar-refractivity contribution in [3.8, 4) is 16.2 Å². The summed E-state index contributed by atoms with van der Waals surface area (Å²) in [6.45, 7) is 0. The number of aromatic hydroxyl groups is 1. The first-order chi connectivity index (χ1) is 10.6. The fourth-order valence-corrected chi connectivity index (χ4v) is 2.94. The number of phenolic OH excluding ortho intramolecular Hbond substituents is 1. The largest absolute Gasteiger partial charge is 0.508 e. The van der Waals surface area contributed by atoms with Crippen LogP contribution in [0.1, 0.15) is 9.67 Å². The second-order valence-electron chi connectivity index (χ2n) is 4.79. The summed E-state index contributed by atoms with van der Waals surface area (Å²) < 4.78 is 0. The molecular formula is C17H14N2O2S. The van der Waals surface area contributed by atoms with Crippen LogP contribution < -0.4 is 11.1 Å². The lowest BCUT2D eigenvalue weighted by Gasteiger charge is -2.03. The number of hydrogen-bond donors (Lipinski definition) is 3. The van der Waals surface area contributed by atoms with E-state index < -0.39 is 0 Å². The van der Waals surface area contributed by atoms with Gasteiger partial charge in [-0.15, -0.1) is 11.3 Å². The fourth-order valence-electron chi connectivity index (χ4n) is 2.04. The number of hydrogen-bond acceptors (Lipinski definition) is 4. The van der Waals surface area contributed by atoms with Crippen molar-refractivity contribution in [3.63, 3.8) is 0 Å². The summed E-state index contributed by atoms with van der Waals surface area (Å²) in [5.74, 6) is -0.0103. The van der Waals surface area contributed by atoms with Crippen molar-refractivity contribution in [2.24, 2.45) is 0 Å². The normalized spacial score (nSPS) is 10.4. The lowest BCUT2D eigenvalue weighted by Crippen LogP contribution is -2.09. The van der Waals surface area contributed by atoms with Crippen LogP contribution in [0.15, 0.2) is 60.7 Å². The second kappa shape index (κ2) is 5.91. The number of thiophene rings is 1. The van der Waals surface area contributed by atoms with Gasteiger partial charge in [0.15, 0.2) is 0 Å². The molecule has 2 aromatic carbocycles. The van der Waals surface area contributed by atoms with Gasteiger partial charge in [-0.2, -0.15) is 0 Å². The quantitative estimate of drug-likeness (QED) is 0.506. The molecule has 0 saturated heterocycles. The number of benzene rings is 2. The number of amides is 1. The average molecular weight is 310 g/mol. The minimum absolute atomic E-state index is 0.165. The van der Waals surface area contributed by atoms with Crippen LogP contribution >= 0.6 is 11.3 Å². The van der Waals surface area contributed by atoms with Gasteiger partial charge < -0.3 is 16.2 Å². The summed E-state index contributed by atoms with van der Waals surface area (Å²) in [5, 5.41) is 12.0. The highest BCUT2D eigenvalue weighted by molar-refractivity contribution is 7.17. The first-order valence-electron chi connectivity index (χ1n) is 6.68. The van der Waals surface area contributed by atoms with E-state index in [2.05, 4.69) is 5.32 Å². The Morgan fingerprint density at radius 3 is 2.55 bits per heavy atom. The molecule has 1 heterocycles. The van der Waals surface area contributed by atoms with Crippen LogP contribution in [0.2, 0.25) is 0 Å². The Balaban J connectivity index is 1.78. The molecule has 0 saturated carbocycles. The smallest absolute Gasteiger partial charge is 0.265 e. The molecule has 0 unspecified atom stereocenters. The van der Waals surface area contributed by atoms with Crippen LogP contribution in [0.3, 0.4) is 0 Å². The predicted octanol–water partition coefficient (Wildman–Crippen LogP) is 3.96. The third kappa shape index (κ3) is 3.10. The van der Waals surface area contributed by atoms with Crippen LogP contribution in [0.25, 0.3) is 10.4 Å². The van der Waals surface area contributed by atoms with E-state index >= 15 is 0 Å². The standard InChI is InChI=1S/C17H14N2O2S/c18-12-3-1-2-11(10-12)15-8-9-16(22-15)17(21)19-13-4-6-14(20)7-5-13/h1-10,20H,18H2,(H,19,21). The van der Waals surface area contributed by atoms with Gasteiger partial charge in [0.2, 0.25) is 0 Å². The van der Waals surface area contributed by atoms with Crippen LogP contribution in [0, 0.1) is 0 Å². The molecule has 110 valence electrons. The first-order valence-corrected chi connectivity index (χ1v) is 7.49. The summed E-state index contributed by atoms with van der Waals surface area (Å²) in [6, 6.07) is 17.6. The van der Waals surface area contributed by atoms with E-state index in [1.165, 1.54) is 23.5 Å². The van der Waals surface area contributed by atoms with Crippen molar-refractivity contribution >= 4 is 28.6 Å². The molecule has 0 fully saturated rings. The molecule has 0 aliphatic rings. The molecule has 1 amide bonds. The Kier molecular flexibility index (Phi) is 3.80. The van der Waals surface area contributed by atoms with Gasteiger partial charge in [0.25, 0.3) is 5.91 Å². The third-order valence-electron chi connectivity index (χ3n) is 3.13. The van der Waals surface area contributed by atoms with Gasteiger partial charge in [-0.3, -0.25) is 4.79 Å². The number of carbonyl (C=O) groups excluding carboxylic acids is 1. The Labute approximate surface area is 131 Å². The molecule has 22 heavy (non-hydrogen) atoms. The Morgan fingerprint density at radius 1 is 1.05 bits per heavy atom. The first kappa shape index (κ1) is 14.2. The van der Waals surface area contributed by atoms with E-state index in [0.717, 1.165) is 10.4 Å². The second-order valence-corrected chi connectivity index (χ2v) is 5.87. The van der Waals surface area contributed by atoms with Crippen molar-refractivity contribution in [2.45, 2.75) is 0 Å². The summed E-state index contributed by atoms with van der Waals surface area (Å²) in [7, 11) is 0. The van der Waals surface area contributed by atoms with E-state index in [1.807, 2.05) is 30.3 Å². The maximum Gasteiger partial charge on any atom is 0.265 e. The van der Waals surface area contributed by atoms with Gasteiger partial charge in [-0.25, -0.2) is 0 Å². The van der Waals surface area contributed by atoms with Crippen LogP contribution in [-0.4, -0.2) is 11.0 Å². The summed E-state index contributed by atoms with van der Waals surface area (Å²) in [6.07, 6.45) is 0. The summed E-state index contributed by atoms with van der Waals surface area (Å²) >= 11 is 1.41. The highest BCUT2D eigenvalue weighted by Gasteiger charge is 2.10. The maximum atomic E-state index is 12.2. The zero-order valence-electron chi connectivity index (χ0n) is 11.6. The van der Waals surface area contributed by atoms with Gasteiger partial charge in [0.1, 0.15) is 5.75 Å². The highest BCUT2D eigenvalue weighted by atomic mass is 32.1. The van der Waals surface area contributed by atoms with Crippen LogP contribution in [0.5, 0.6) is 5.75 Å².